The summed E-state index contributed by atoms with van der Waals surface area (Å²) >= 11 is 3.39. The van der Waals surface area contributed by atoms with Crippen LogP contribution in [0.3, 0.4) is 0 Å². The van der Waals surface area contributed by atoms with E-state index in [0.29, 0.717) is 6.61 Å². The molecule has 0 fully saturated rings. The molecular formula is C13H17BrFO. The van der Waals surface area contributed by atoms with E-state index in [2.05, 4.69) is 29.8 Å². The molecule has 0 aliphatic carbocycles. The van der Waals surface area contributed by atoms with Crippen molar-refractivity contribution in [3.63, 3.8) is 0 Å². The van der Waals surface area contributed by atoms with E-state index in [1.165, 1.54) is 0 Å². The highest BCUT2D eigenvalue weighted by molar-refractivity contribution is 9.10. The Labute approximate surface area is 105 Å². The van der Waals surface area contributed by atoms with Crippen LogP contribution in [0.4, 0.5) is 4.39 Å². The summed E-state index contributed by atoms with van der Waals surface area (Å²) in [7, 11) is 0. The van der Waals surface area contributed by atoms with Crippen LogP contribution in [0.25, 0.3) is 0 Å². The van der Waals surface area contributed by atoms with E-state index in [-0.39, 0.29) is 5.92 Å². The smallest absolute Gasteiger partial charge is 0.120 e. The van der Waals surface area contributed by atoms with E-state index in [0.717, 1.165) is 28.6 Å². The molecule has 1 aromatic rings. The van der Waals surface area contributed by atoms with Crippen LogP contribution < -0.4 is 4.74 Å². The van der Waals surface area contributed by atoms with Crippen molar-refractivity contribution in [2.75, 3.05) is 13.3 Å². The zero-order valence-electron chi connectivity index (χ0n) is 9.51. The third-order valence-electron chi connectivity index (χ3n) is 2.32. The van der Waals surface area contributed by atoms with Crippen molar-refractivity contribution >= 4 is 15.9 Å². The van der Waals surface area contributed by atoms with Crippen LogP contribution in [0, 0.1) is 6.92 Å². The van der Waals surface area contributed by atoms with Crippen molar-refractivity contribution in [2.45, 2.75) is 25.7 Å². The summed E-state index contributed by atoms with van der Waals surface area (Å²) in [6, 6.07) is 5.63. The molecule has 0 aliphatic heterocycles. The Morgan fingerprint density at radius 3 is 2.81 bits per heavy atom. The monoisotopic (exact) mass is 287 g/mol. The minimum atomic E-state index is -0.454. The van der Waals surface area contributed by atoms with Crippen molar-refractivity contribution in [2.24, 2.45) is 0 Å². The van der Waals surface area contributed by atoms with Crippen molar-refractivity contribution in [3.8, 4) is 5.75 Å². The van der Waals surface area contributed by atoms with Gasteiger partial charge in [0.15, 0.2) is 0 Å². The van der Waals surface area contributed by atoms with Gasteiger partial charge in [-0.2, -0.15) is 0 Å². The molecule has 0 aromatic heterocycles. The Morgan fingerprint density at radius 1 is 1.44 bits per heavy atom. The maximum atomic E-state index is 12.5. The first kappa shape index (κ1) is 13.5. The molecule has 0 saturated heterocycles. The summed E-state index contributed by atoms with van der Waals surface area (Å²) in [5.74, 6) is 0.450. The fourth-order valence-corrected chi connectivity index (χ4v) is 1.82. The van der Waals surface area contributed by atoms with Gasteiger partial charge in [-0.15, -0.1) is 0 Å². The van der Waals surface area contributed by atoms with Crippen LogP contribution in [0.15, 0.2) is 22.7 Å². The molecule has 0 heterocycles. The molecule has 1 radical (unpaired) electrons. The predicted octanol–water partition coefficient (Wildman–Crippen LogP) is 4.52. The molecule has 1 rings (SSSR count). The standard InChI is InChI=1S/C13H17BrFO/c1-3-4-5-16-13-7-11(10(2)9-15)6-12(14)8-13/h6-8,10H,2-5,9H2,1H3. The summed E-state index contributed by atoms with van der Waals surface area (Å²) < 4.78 is 19.0. The molecule has 1 aromatic carbocycles. The van der Waals surface area contributed by atoms with E-state index < -0.39 is 6.67 Å². The maximum Gasteiger partial charge on any atom is 0.120 e. The zero-order chi connectivity index (χ0) is 12.0. The number of ether oxygens (including phenoxy) is 1. The van der Waals surface area contributed by atoms with E-state index in [9.17, 15) is 4.39 Å². The third kappa shape index (κ3) is 4.12. The molecule has 0 saturated carbocycles. The maximum absolute atomic E-state index is 12.5. The number of halogens is 2. The summed E-state index contributed by atoms with van der Waals surface area (Å²) in [5.41, 5.74) is 0.864. The van der Waals surface area contributed by atoms with Crippen LogP contribution >= 0.6 is 15.9 Å². The van der Waals surface area contributed by atoms with E-state index in [1.807, 2.05) is 18.2 Å². The van der Waals surface area contributed by atoms with Gasteiger partial charge in [-0.3, -0.25) is 4.39 Å². The lowest BCUT2D eigenvalue weighted by molar-refractivity contribution is 0.308. The van der Waals surface area contributed by atoms with Gasteiger partial charge in [-0.25, -0.2) is 0 Å². The van der Waals surface area contributed by atoms with Gasteiger partial charge >= 0.3 is 0 Å². The average Bonchev–Trinajstić information content (AvgIpc) is 2.27. The summed E-state index contributed by atoms with van der Waals surface area (Å²) in [6.45, 7) is 6.11. The highest BCUT2D eigenvalue weighted by atomic mass is 79.9. The van der Waals surface area contributed by atoms with Gasteiger partial charge in [0.1, 0.15) is 5.75 Å². The molecular weight excluding hydrogens is 271 g/mol. The molecule has 1 atom stereocenters. The average molecular weight is 288 g/mol. The first-order valence-corrected chi connectivity index (χ1v) is 6.29. The Morgan fingerprint density at radius 2 is 2.19 bits per heavy atom. The van der Waals surface area contributed by atoms with Crippen LogP contribution in [0.5, 0.6) is 5.75 Å². The minimum absolute atomic E-state index is 0.328. The second-order valence-corrected chi connectivity index (χ2v) is 4.69. The summed E-state index contributed by atoms with van der Waals surface area (Å²) in [4.78, 5) is 0. The molecule has 0 aliphatic rings. The van der Waals surface area contributed by atoms with Gasteiger partial charge in [0.05, 0.1) is 13.3 Å². The fourth-order valence-electron chi connectivity index (χ4n) is 1.33. The van der Waals surface area contributed by atoms with Gasteiger partial charge in [0.25, 0.3) is 0 Å². The lowest BCUT2D eigenvalue weighted by Crippen LogP contribution is -2.00. The van der Waals surface area contributed by atoms with E-state index in [4.69, 9.17) is 4.74 Å². The van der Waals surface area contributed by atoms with Crippen LogP contribution in [0.1, 0.15) is 31.2 Å². The van der Waals surface area contributed by atoms with Crippen molar-refractivity contribution in [1.29, 1.82) is 0 Å². The number of hydrogen-bond donors (Lipinski definition) is 0. The normalized spacial score (nSPS) is 12.5. The molecule has 1 nitrogen and oxygen atoms in total. The molecule has 0 N–H and O–H groups in total. The lowest BCUT2D eigenvalue weighted by atomic mass is 10.0. The Bertz CT molecular complexity index is 328. The first-order chi connectivity index (χ1) is 7.67. The van der Waals surface area contributed by atoms with Crippen LogP contribution in [0.2, 0.25) is 0 Å². The number of unbranched alkanes of at least 4 members (excludes halogenated alkanes) is 1. The molecule has 3 heteroatoms. The first-order valence-electron chi connectivity index (χ1n) is 5.49. The Hall–Kier alpha value is -0.570. The minimum Gasteiger partial charge on any atom is -0.494 e. The van der Waals surface area contributed by atoms with Gasteiger partial charge in [-0.1, -0.05) is 29.3 Å². The Balaban J connectivity index is 2.73. The zero-order valence-corrected chi connectivity index (χ0v) is 11.1. The summed E-state index contributed by atoms with van der Waals surface area (Å²) in [5, 5.41) is 0. The van der Waals surface area contributed by atoms with Crippen molar-refractivity contribution in [3.05, 3.63) is 35.2 Å². The predicted molar refractivity (Wildman–Crippen MR) is 68.6 cm³/mol. The molecule has 1 unspecified atom stereocenters. The number of rotatable bonds is 6. The van der Waals surface area contributed by atoms with Crippen molar-refractivity contribution < 1.29 is 9.13 Å². The quantitative estimate of drug-likeness (QED) is 0.699. The highest BCUT2D eigenvalue weighted by Gasteiger charge is 2.08. The third-order valence-corrected chi connectivity index (χ3v) is 2.78. The van der Waals surface area contributed by atoms with E-state index >= 15 is 0 Å². The van der Waals surface area contributed by atoms with Gasteiger partial charge in [0, 0.05) is 10.4 Å². The molecule has 0 spiro atoms. The van der Waals surface area contributed by atoms with Gasteiger partial charge in [0.2, 0.25) is 0 Å². The SMILES string of the molecule is [CH2]C(CF)c1cc(Br)cc(OCCCC)c1. The number of alkyl halides is 1. The molecule has 0 bridgehead atoms. The second-order valence-electron chi connectivity index (χ2n) is 3.77. The lowest BCUT2D eigenvalue weighted by Gasteiger charge is -2.11. The largest absolute Gasteiger partial charge is 0.494 e. The fraction of sp³-hybridized carbons (Fsp3) is 0.462. The second kappa shape index (κ2) is 6.89. The Kier molecular flexibility index (Phi) is 5.81. The number of benzene rings is 1. The van der Waals surface area contributed by atoms with Gasteiger partial charge in [-0.05, 0) is 37.1 Å². The van der Waals surface area contributed by atoms with Crippen LogP contribution in [-0.4, -0.2) is 13.3 Å². The topological polar surface area (TPSA) is 9.23 Å². The van der Waals surface area contributed by atoms with Gasteiger partial charge < -0.3 is 4.74 Å². The van der Waals surface area contributed by atoms with E-state index in [1.54, 1.807) is 0 Å². The summed E-state index contributed by atoms with van der Waals surface area (Å²) in [6.07, 6.45) is 2.13. The van der Waals surface area contributed by atoms with Crippen LogP contribution in [-0.2, 0) is 0 Å². The molecule has 16 heavy (non-hydrogen) atoms. The number of hydrogen-bond acceptors (Lipinski definition) is 1. The van der Waals surface area contributed by atoms with Crippen molar-refractivity contribution in [1.82, 2.24) is 0 Å². The molecule has 0 amide bonds. The molecule has 89 valence electrons. The highest BCUT2D eigenvalue weighted by Crippen LogP contribution is 2.26.